The third-order valence-corrected chi connectivity index (χ3v) is 5.12. The molecular formula is C18H20F2N2O4S. The minimum absolute atomic E-state index is 0.0328. The number of sulfonamides is 1. The van der Waals surface area contributed by atoms with Gasteiger partial charge < -0.3 is 10.1 Å². The molecule has 6 nitrogen and oxygen atoms in total. The summed E-state index contributed by atoms with van der Waals surface area (Å²) in [5.74, 6) is -1.76. The normalized spacial score (nSPS) is 11.4. The fourth-order valence-electron chi connectivity index (χ4n) is 2.32. The van der Waals surface area contributed by atoms with E-state index >= 15 is 0 Å². The molecule has 2 aromatic rings. The Hall–Kier alpha value is -2.36. The zero-order valence-electron chi connectivity index (χ0n) is 14.7. The standard InChI is InChI=1S/C18H20F2N2O4S/c1-26-9-8-22-27(24,25)17-4-2-14(3-5-17)18(23)21-7-6-13-10-15(19)12-16(20)11-13/h2-5,10-12,22H,6-9H2,1H3,(H,21,23). The molecule has 0 atom stereocenters. The van der Waals surface area contributed by atoms with Crippen molar-refractivity contribution in [3.63, 3.8) is 0 Å². The minimum Gasteiger partial charge on any atom is -0.383 e. The third kappa shape index (κ3) is 6.38. The van der Waals surface area contributed by atoms with E-state index < -0.39 is 27.6 Å². The van der Waals surface area contributed by atoms with E-state index in [0.717, 1.165) is 6.07 Å². The Morgan fingerprint density at radius 3 is 2.26 bits per heavy atom. The predicted octanol–water partition coefficient (Wildman–Crippen LogP) is 1.86. The molecule has 0 spiro atoms. The fraction of sp³-hybridized carbons (Fsp3) is 0.278. The van der Waals surface area contributed by atoms with Crippen LogP contribution in [0.25, 0.3) is 0 Å². The summed E-state index contributed by atoms with van der Waals surface area (Å²) >= 11 is 0. The largest absolute Gasteiger partial charge is 0.383 e. The highest BCUT2D eigenvalue weighted by Crippen LogP contribution is 2.11. The summed E-state index contributed by atoms with van der Waals surface area (Å²) in [5.41, 5.74) is 0.702. The highest BCUT2D eigenvalue weighted by Gasteiger charge is 2.14. The molecule has 0 bridgehead atoms. The van der Waals surface area contributed by atoms with E-state index in [1.807, 2.05) is 0 Å². The SMILES string of the molecule is COCCNS(=O)(=O)c1ccc(C(=O)NCCc2cc(F)cc(F)c2)cc1. The Morgan fingerprint density at radius 1 is 1.04 bits per heavy atom. The second-order valence-corrected chi connectivity index (χ2v) is 7.47. The first-order valence-corrected chi connectivity index (χ1v) is 9.62. The minimum atomic E-state index is -3.67. The summed E-state index contributed by atoms with van der Waals surface area (Å²) < 4.78 is 57.5. The molecule has 27 heavy (non-hydrogen) atoms. The van der Waals surface area contributed by atoms with Crippen LogP contribution in [-0.4, -0.2) is 41.1 Å². The van der Waals surface area contributed by atoms with Gasteiger partial charge in [-0.05, 0) is 48.4 Å². The zero-order valence-corrected chi connectivity index (χ0v) is 15.5. The van der Waals surface area contributed by atoms with Gasteiger partial charge in [0, 0.05) is 31.8 Å². The molecule has 0 aliphatic carbocycles. The number of amides is 1. The van der Waals surface area contributed by atoms with Crippen molar-refractivity contribution in [1.82, 2.24) is 10.0 Å². The number of carbonyl (C=O) groups excluding carboxylic acids is 1. The van der Waals surface area contributed by atoms with Crippen molar-refractivity contribution in [2.45, 2.75) is 11.3 Å². The Kier molecular flexibility index (Phi) is 7.40. The molecule has 0 saturated carbocycles. The highest BCUT2D eigenvalue weighted by molar-refractivity contribution is 7.89. The maximum absolute atomic E-state index is 13.1. The molecule has 2 rings (SSSR count). The second kappa shape index (κ2) is 9.54. The molecule has 1 amide bonds. The molecule has 0 radical (unpaired) electrons. The van der Waals surface area contributed by atoms with Crippen molar-refractivity contribution in [2.75, 3.05) is 26.8 Å². The zero-order chi connectivity index (χ0) is 19.9. The van der Waals surface area contributed by atoms with Crippen LogP contribution in [-0.2, 0) is 21.2 Å². The van der Waals surface area contributed by atoms with E-state index in [4.69, 9.17) is 4.74 Å². The van der Waals surface area contributed by atoms with Gasteiger partial charge in [0.2, 0.25) is 10.0 Å². The van der Waals surface area contributed by atoms with Crippen LogP contribution in [0.15, 0.2) is 47.4 Å². The van der Waals surface area contributed by atoms with E-state index in [1.54, 1.807) is 0 Å². The van der Waals surface area contributed by atoms with Crippen molar-refractivity contribution in [1.29, 1.82) is 0 Å². The molecule has 0 saturated heterocycles. The lowest BCUT2D eigenvalue weighted by molar-refractivity contribution is 0.0954. The molecule has 9 heteroatoms. The Bertz CT molecular complexity index is 866. The lowest BCUT2D eigenvalue weighted by Gasteiger charge is -2.08. The van der Waals surface area contributed by atoms with Gasteiger partial charge in [-0.3, -0.25) is 4.79 Å². The smallest absolute Gasteiger partial charge is 0.251 e. The van der Waals surface area contributed by atoms with Gasteiger partial charge >= 0.3 is 0 Å². The predicted molar refractivity (Wildman–Crippen MR) is 95.9 cm³/mol. The molecule has 0 aromatic heterocycles. The number of methoxy groups -OCH3 is 1. The van der Waals surface area contributed by atoms with Gasteiger partial charge in [-0.25, -0.2) is 21.9 Å². The number of carbonyl (C=O) groups is 1. The van der Waals surface area contributed by atoms with Crippen molar-refractivity contribution in [3.8, 4) is 0 Å². The summed E-state index contributed by atoms with van der Waals surface area (Å²) in [5, 5.41) is 2.62. The first kappa shape index (κ1) is 20.9. The molecular weight excluding hydrogens is 378 g/mol. The summed E-state index contributed by atoms with van der Waals surface area (Å²) in [6.07, 6.45) is 0.260. The van der Waals surface area contributed by atoms with Gasteiger partial charge in [-0.15, -0.1) is 0 Å². The van der Waals surface area contributed by atoms with E-state index in [-0.39, 0.29) is 36.6 Å². The molecule has 146 valence electrons. The van der Waals surface area contributed by atoms with Crippen molar-refractivity contribution in [3.05, 3.63) is 65.2 Å². The third-order valence-electron chi connectivity index (χ3n) is 3.65. The van der Waals surface area contributed by atoms with Crippen LogP contribution in [0.1, 0.15) is 15.9 Å². The van der Waals surface area contributed by atoms with E-state index in [9.17, 15) is 22.0 Å². The molecule has 0 heterocycles. The fourth-order valence-corrected chi connectivity index (χ4v) is 3.34. The Morgan fingerprint density at radius 2 is 1.67 bits per heavy atom. The van der Waals surface area contributed by atoms with E-state index in [2.05, 4.69) is 10.0 Å². The molecule has 0 unspecified atom stereocenters. The quantitative estimate of drug-likeness (QED) is 0.632. The first-order chi connectivity index (χ1) is 12.8. The van der Waals surface area contributed by atoms with Crippen LogP contribution in [0.2, 0.25) is 0 Å². The Balaban J connectivity index is 1.91. The molecule has 0 aliphatic heterocycles. The van der Waals surface area contributed by atoms with E-state index in [1.165, 1.54) is 43.5 Å². The summed E-state index contributed by atoms with van der Waals surface area (Å²) in [6, 6.07) is 8.61. The van der Waals surface area contributed by atoms with Crippen LogP contribution in [0.4, 0.5) is 8.78 Å². The number of hydrogen-bond acceptors (Lipinski definition) is 4. The van der Waals surface area contributed by atoms with Crippen LogP contribution in [0.3, 0.4) is 0 Å². The van der Waals surface area contributed by atoms with E-state index in [0.29, 0.717) is 5.56 Å². The Labute approximate surface area is 156 Å². The summed E-state index contributed by atoms with van der Waals surface area (Å²) in [6.45, 7) is 0.566. The number of hydrogen-bond donors (Lipinski definition) is 2. The molecule has 2 aromatic carbocycles. The van der Waals surface area contributed by atoms with Gasteiger partial charge in [0.15, 0.2) is 0 Å². The van der Waals surface area contributed by atoms with Gasteiger partial charge in [-0.2, -0.15) is 0 Å². The number of rotatable bonds is 9. The van der Waals surface area contributed by atoms with Crippen molar-refractivity contribution < 1.29 is 26.7 Å². The monoisotopic (exact) mass is 398 g/mol. The van der Waals surface area contributed by atoms with Gasteiger partial charge in [-0.1, -0.05) is 0 Å². The lowest BCUT2D eigenvalue weighted by Crippen LogP contribution is -2.28. The lowest BCUT2D eigenvalue weighted by atomic mass is 10.1. The van der Waals surface area contributed by atoms with Gasteiger partial charge in [0.1, 0.15) is 11.6 Å². The molecule has 2 N–H and O–H groups in total. The maximum atomic E-state index is 13.1. The number of halogens is 2. The van der Waals surface area contributed by atoms with Crippen molar-refractivity contribution >= 4 is 15.9 Å². The number of benzene rings is 2. The maximum Gasteiger partial charge on any atom is 0.251 e. The van der Waals surface area contributed by atoms with Gasteiger partial charge in [0.25, 0.3) is 5.91 Å². The molecule has 0 fully saturated rings. The second-order valence-electron chi connectivity index (χ2n) is 5.70. The topological polar surface area (TPSA) is 84.5 Å². The first-order valence-electron chi connectivity index (χ1n) is 8.13. The average Bonchev–Trinajstić information content (AvgIpc) is 2.61. The van der Waals surface area contributed by atoms with Gasteiger partial charge in [0.05, 0.1) is 11.5 Å². The average molecular weight is 398 g/mol. The number of nitrogens with one attached hydrogen (secondary N) is 2. The van der Waals surface area contributed by atoms with Crippen LogP contribution >= 0.6 is 0 Å². The van der Waals surface area contributed by atoms with Crippen LogP contribution < -0.4 is 10.0 Å². The molecule has 0 aliphatic rings. The van der Waals surface area contributed by atoms with Crippen molar-refractivity contribution in [2.24, 2.45) is 0 Å². The summed E-state index contributed by atoms with van der Waals surface area (Å²) in [7, 11) is -2.20. The van der Waals surface area contributed by atoms with Crippen LogP contribution in [0.5, 0.6) is 0 Å². The highest BCUT2D eigenvalue weighted by atomic mass is 32.2. The number of ether oxygens (including phenoxy) is 1. The van der Waals surface area contributed by atoms with Crippen LogP contribution in [0, 0.1) is 11.6 Å². The summed E-state index contributed by atoms with van der Waals surface area (Å²) in [4.78, 5) is 12.1.